The van der Waals surface area contributed by atoms with E-state index >= 15 is 0 Å². The smallest absolute Gasteiger partial charge is 0.0764 e. The Labute approximate surface area is 121 Å². The van der Waals surface area contributed by atoms with E-state index < -0.39 is 0 Å². The molecule has 1 aliphatic carbocycles. The summed E-state index contributed by atoms with van der Waals surface area (Å²) >= 11 is 0. The van der Waals surface area contributed by atoms with Crippen molar-refractivity contribution in [2.75, 3.05) is 7.11 Å². The summed E-state index contributed by atoms with van der Waals surface area (Å²) in [6.07, 6.45) is 8.16. The maximum Gasteiger partial charge on any atom is 0.0764 e. The van der Waals surface area contributed by atoms with Gasteiger partial charge in [-0.25, -0.2) is 0 Å². The summed E-state index contributed by atoms with van der Waals surface area (Å²) in [7, 11) is 1.74. The first-order valence-electron chi connectivity index (χ1n) is 7.68. The highest BCUT2D eigenvalue weighted by Gasteiger charge is 2.25. The fourth-order valence-corrected chi connectivity index (χ4v) is 3.25. The van der Waals surface area contributed by atoms with Gasteiger partial charge in [-0.1, -0.05) is 26.7 Å². The van der Waals surface area contributed by atoms with E-state index in [9.17, 15) is 0 Å². The Balaban J connectivity index is 2.00. The van der Waals surface area contributed by atoms with Gasteiger partial charge in [-0.2, -0.15) is 5.10 Å². The van der Waals surface area contributed by atoms with Gasteiger partial charge in [0.1, 0.15) is 0 Å². The SMILES string of the molecule is COC(C(C)C)C(Cc1ccn(C2CCCC2)n1)NN. The van der Waals surface area contributed by atoms with Crippen LogP contribution >= 0.6 is 0 Å². The van der Waals surface area contributed by atoms with Gasteiger partial charge < -0.3 is 4.74 Å². The monoisotopic (exact) mass is 280 g/mol. The molecule has 2 unspecified atom stereocenters. The number of rotatable bonds is 7. The lowest BCUT2D eigenvalue weighted by Crippen LogP contribution is -2.48. The van der Waals surface area contributed by atoms with Crippen LogP contribution in [0, 0.1) is 5.92 Å². The minimum absolute atomic E-state index is 0.0897. The van der Waals surface area contributed by atoms with Gasteiger partial charge in [-0.3, -0.25) is 16.0 Å². The van der Waals surface area contributed by atoms with Gasteiger partial charge in [-0.05, 0) is 24.8 Å². The first kappa shape index (κ1) is 15.5. The lowest BCUT2D eigenvalue weighted by Gasteiger charge is -2.27. The Hall–Kier alpha value is -0.910. The molecule has 114 valence electrons. The molecule has 1 heterocycles. The number of methoxy groups -OCH3 is 1. The topological polar surface area (TPSA) is 65.1 Å². The molecule has 2 rings (SSSR count). The highest BCUT2D eigenvalue weighted by molar-refractivity contribution is 5.04. The van der Waals surface area contributed by atoms with Crippen LogP contribution in [0.15, 0.2) is 12.3 Å². The zero-order chi connectivity index (χ0) is 14.5. The van der Waals surface area contributed by atoms with Crippen molar-refractivity contribution in [3.05, 3.63) is 18.0 Å². The molecule has 0 radical (unpaired) electrons. The normalized spacial score (nSPS) is 19.6. The summed E-state index contributed by atoms with van der Waals surface area (Å²) < 4.78 is 7.70. The molecule has 5 nitrogen and oxygen atoms in total. The number of nitrogens with zero attached hydrogens (tertiary/aromatic N) is 2. The molecule has 0 bridgehead atoms. The van der Waals surface area contributed by atoms with E-state index in [1.165, 1.54) is 25.7 Å². The highest BCUT2D eigenvalue weighted by atomic mass is 16.5. The Kier molecular flexibility index (Phi) is 5.57. The standard InChI is InChI=1S/C15H28N4O/c1-11(2)15(20-3)14(17-16)10-12-8-9-19(18-12)13-6-4-5-7-13/h8-9,11,13-15,17H,4-7,10,16H2,1-3H3. The van der Waals surface area contributed by atoms with Gasteiger partial charge in [0, 0.05) is 19.7 Å². The lowest BCUT2D eigenvalue weighted by atomic mass is 9.96. The predicted molar refractivity (Wildman–Crippen MR) is 80.2 cm³/mol. The molecular formula is C15H28N4O. The van der Waals surface area contributed by atoms with E-state index in [0.29, 0.717) is 12.0 Å². The highest BCUT2D eigenvalue weighted by Crippen LogP contribution is 2.28. The van der Waals surface area contributed by atoms with Crippen LogP contribution < -0.4 is 11.3 Å². The van der Waals surface area contributed by atoms with Gasteiger partial charge in [-0.15, -0.1) is 0 Å². The molecule has 5 heteroatoms. The Bertz CT molecular complexity index is 398. The molecule has 1 aromatic heterocycles. The second kappa shape index (κ2) is 7.20. The summed E-state index contributed by atoms with van der Waals surface area (Å²) in [5.41, 5.74) is 3.97. The molecule has 3 N–H and O–H groups in total. The maximum atomic E-state index is 5.70. The second-order valence-electron chi connectivity index (χ2n) is 6.15. The van der Waals surface area contributed by atoms with Crippen molar-refractivity contribution >= 4 is 0 Å². The van der Waals surface area contributed by atoms with Gasteiger partial charge in [0.2, 0.25) is 0 Å². The number of nitrogens with two attached hydrogens (primary N) is 1. The molecule has 0 spiro atoms. The number of hydrazine groups is 1. The summed E-state index contributed by atoms with van der Waals surface area (Å²) in [4.78, 5) is 0. The van der Waals surface area contributed by atoms with Gasteiger partial charge in [0.15, 0.2) is 0 Å². The van der Waals surface area contributed by atoms with Crippen LogP contribution in [0.5, 0.6) is 0 Å². The zero-order valence-electron chi connectivity index (χ0n) is 12.9. The molecule has 1 aromatic rings. The third-order valence-corrected chi connectivity index (χ3v) is 4.33. The fourth-order valence-electron chi connectivity index (χ4n) is 3.25. The van der Waals surface area contributed by atoms with E-state index in [-0.39, 0.29) is 12.1 Å². The van der Waals surface area contributed by atoms with Crippen molar-refractivity contribution in [3.8, 4) is 0 Å². The number of hydrogen-bond acceptors (Lipinski definition) is 4. The molecule has 0 saturated heterocycles. The largest absolute Gasteiger partial charge is 0.380 e. The van der Waals surface area contributed by atoms with Crippen molar-refractivity contribution in [3.63, 3.8) is 0 Å². The van der Waals surface area contributed by atoms with Gasteiger partial charge in [0.25, 0.3) is 0 Å². The summed E-state index contributed by atoms with van der Waals surface area (Å²) in [5.74, 6) is 6.11. The average molecular weight is 280 g/mol. The zero-order valence-corrected chi connectivity index (χ0v) is 12.9. The molecule has 20 heavy (non-hydrogen) atoms. The third-order valence-electron chi connectivity index (χ3n) is 4.33. The quantitative estimate of drug-likeness (QED) is 0.592. The molecule has 1 saturated carbocycles. The molecule has 0 aromatic carbocycles. The van der Waals surface area contributed by atoms with Crippen LogP contribution in [0.4, 0.5) is 0 Å². The van der Waals surface area contributed by atoms with Crippen LogP contribution in [-0.2, 0) is 11.2 Å². The molecule has 2 atom stereocenters. The van der Waals surface area contributed by atoms with Crippen molar-refractivity contribution < 1.29 is 4.74 Å². The fraction of sp³-hybridized carbons (Fsp3) is 0.800. The Morgan fingerprint density at radius 1 is 1.45 bits per heavy atom. The van der Waals surface area contributed by atoms with Crippen molar-refractivity contribution in [1.29, 1.82) is 0 Å². The Morgan fingerprint density at radius 3 is 2.70 bits per heavy atom. The molecule has 0 aliphatic heterocycles. The minimum Gasteiger partial charge on any atom is -0.380 e. The minimum atomic E-state index is 0.0897. The average Bonchev–Trinajstić information content (AvgIpc) is 3.08. The molecule has 0 amide bonds. The molecule has 1 fully saturated rings. The van der Waals surface area contributed by atoms with Crippen molar-refractivity contribution in [2.24, 2.45) is 11.8 Å². The van der Waals surface area contributed by atoms with E-state index in [2.05, 4.69) is 36.2 Å². The summed E-state index contributed by atoms with van der Waals surface area (Å²) in [6.45, 7) is 4.30. The Morgan fingerprint density at radius 2 is 2.15 bits per heavy atom. The van der Waals surface area contributed by atoms with E-state index in [0.717, 1.165) is 12.1 Å². The third kappa shape index (κ3) is 3.59. The number of aromatic nitrogens is 2. The van der Waals surface area contributed by atoms with E-state index in [4.69, 9.17) is 15.7 Å². The van der Waals surface area contributed by atoms with Crippen LogP contribution in [-0.4, -0.2) is 29.0 Å². The first-order valence-corrected chi connectivity index (χ1v) is 7.68. The van der Waals surface area contributed by atoms with Crippen LogP contribution in [0.3, 0.4) is 0 Å². The number of ether oxygens (including phenoxy) is 1. The van der Waals surface area contributed by atoms with Crippen molar-refractivity contribution in [1.82, 2.24) is 15.2 Å². The molecule has 1 aliphatic rings. The summed E-state index contributed by atoms with van der Waals surface area (Å²) in [6, 6.07) is 2.79. The van der Waals surface area contributed by atoms with E-state index in [1.54, 1.807) is 7.11 Å². The van der Waals surface area contributed by atoms with Gasteiger partial charge in [0.05, 0.1) is 23.9 Å². The van der Waals surface area contributed by atoms with Crippen LogP contribution in [0.2, 0.25) is 0 Å². The van der Waals surface area contributed by atoms with Crippen LogP contribution in [0.1, 0.15) is 51.3 Å². The lowest BCUT2D eigenvalue weighted by molar-refractivity contribution is 0.0329. The van der Waals surface area contributed by atoms with Crippen molar-refractivity contribution in [2.45, 2.75) is 64.1 Å². The predicted octanol–water partition coefficient (Wildman–Crippen LogP) is 2.04. The number of hydrogen-bond donors (Lipinski definition) is 2. The van der Waals surface area contributed by atoms with Crippen LogP contribution in [0.25, 0.3) is 0 Å². The van der Waals surface area contributed by atoms with E-state index in [1.807, 2.05) is 0 Å². The number of nitrogens with one attached hydrogen (secondary N) is 1. The molecular weight excluding hydrogens is 252 g/mol. The second-order valence-corrected chi connectivity index (χ2v) is 6.15. The summed E-state index contributed by atoms with van der Waals surface area (Å²) in [5, 5.41) is 4.72. The maximum absolute atomic E-state index is 5.70. The first-order chi connectivity index (χ1) is 9.65. The van der Waals surface area contributed by atoms with Gasteiger partial charge >= 0.3 is 0 Å².